The first-order chi connectivity index (χ1) is 7.60. The van der Waals surface area contributed by atoms with Gasteiger partial charge in [0, 0.05) is 5.56 Å². The predicted molar refractivity (Wildman–Crippen MR) is 63.8 cm³/mol. The molecule has 16 heavy (non-hydrogen) atoms. The number of ketones is 1. The zero-order valence-electron chi connectivity index (χ0n) is 9.62. The summed E-state index contributed by atoms with van der Waals surface area (Å²) in [7, 11) is 1.54. The molecule has 0 amide bonds. The smallest absolute Gasteiger partial charge is 0.180 e. The predicted octanol–water partition coefficient (Wildman–Crippen LogP) is 2.90. The first-order valence-electron chi connectivity index (χ1n) is 5.09. The molecule has 0 spiro atoms. The van der Waals surface area contributed by atoms with Crippen molar-refractivity contribution >= 4 is 17.4 Å². The minimum atomic E-state index is -0.539. The third kappa shape index (κ3) is 2.89. The van der Waals surface area contributed by atoms with Crippen LogP contribution in [0.15, 0.2) is 18.2 Å². The SMILES string of the molecule is CCOc1ccc(C(=O)C(C)Cl)cc1OC. The average molecular weight is 243 g/mol. The summed E-state index contributed by atoms with van der Waals surface area (Å²) in [6.07, 6.45) is 0. The van der Waals surface area contributed by atoms with Crippen molar-refractivity contribution in [3.8, 4) is 11.5 Å². The van der Waals surface area contributed by atoms with Crippen LogP contribution >= 0.6 is 11.6 Å². The summed E-state index contributed by atoms with van der Waals surface area (Å²) < 4.78 is 10.5. The van der Waals surface area contributed by atoms with Crippen LogP contribution in [0.5, 0.6) is 11.5 Å². The lowest BCUT2D eigenvalue weighted by molar-refractivity contribution is 0.0991. The number of ether oxygens (including phenoxy) is 2. The quantitative estimate of drug-likeness (QED) is 0.588. The first-order valence-corrected chi connectivity index (χ1v) is 5.53. The van der Waals surface area contributed by atoms with Crippen molar-refractivity contribution in [1.29, 1.82) is 0 Å². The summed E-state index contributed by atoms with van der Waals surface area (Å²) in [5, 5.41) is -0.539. The number of alkyl halides is 1. The van der Waals surface area contributed by atoms with E-state index < -0.39 is 5.38 Å². The molecular formula is C12H15ClO3. The Morgan fingerprint density at radius 2 is 2.12 bits per heavy atom. The van der Waals surface area contributed by atoms with Crippen molar-refractivity contribution < 1.29 is 14.3 Å². The number of carbonyl (C=O) groups is 1. The molecule has 1 atom stereocenters. The van der Waals surface area contributed by atoms with E-state index in [9.17, 15) is 4.79 Å². The molecule has 4 heteroatoms. The molecular weight excluding hydrogens is 228 g/mol. The zero-order chi connectivity index (χ0) is 12.1. The molecule has 88 valence electrons. The average Bonchev–Trinajstić information content (AvgIpc) is 2.29. The summed E-state index contributed by atoms with van der Waals surface area (Å²) in [6, 6.07) is 5.05. The fraction of sp³-hybridized carbons (Fsp3) is 0.417. The maximum absolute atomic E-state index is 11.7. The summed E-state index contributed by atoms with van der Waals surface area (Å²) in [4.78, 5) is 11.7. The van der Waals surface area contributed by atoms with E-state index in [2.05, 4.69) is 0 Å². The summed E-state index contributed by atoms with van der Waals surface area (Å²) >= 11 is 5.74. The molecule has 0 radical (unpaired) electrons. The van der Waals surface area contributed by atoms with Gasteiger partial charge in [0.05, 0.1) is 19.1 Å². The van der Waals surface area contributed by atoms with Crippen LogP contribution in [0.3, 0.4) is 0 Å². The molecule has 0 aliphatic rings. The Balaban J connectivity index is 3.03. The van der Waals surface area contributed by atoms with E-state index in [0.717, 1.165) is 0 Å². The van der Waals surface area contributed by atoms with Crippen LogP contribution < -0.4 is 9.47 Å². The Labute approximate surface area is 100 Å². The Bertz CT molecular complexity index is 375. The summed E-state index contributed by atoms with van der Waals surface area (Å²) in [5.74, 6) is 1.05. The highest BCUT2D eigenvalue weighted by Crippen LogP contribution is 2.28. The van der Waals surface area contributed by atoms with Crippen molar-refractivity contribution in [3.63, 3.8) is 0 Å². The van der Waals surface area contributed by atoms with E-state index in [1.165, 1.54) is 7.11 Å². The molecule has 0 saturated heterocycles. The molecule has 1 aromatic rings. The van der Waals surface area contributed by atoms with Gasteiger partial charge >= 0.3 is 0 Å². The van der Waals surface area contributed by atoms with Crippen LogP contribution in [-0.4, -0.2) is 24.9 Å². The lowest BCUT2D eigenvalue weighted by Crippen LogP contribution is -2.10. The summed E-state index contributed by atoms with van der Waals surface area (Å²) in [5.41, 5.74) is 0.530. The molecule has 0 aliphatic carbocycles. The van der Waals surface area contributed by atoms with Gasteiger partial charge in [0.1, 0.15) is 0 Å². The van der Waals surface area contributed by atoms with Gasteiger partial charge in [-0.25, -0.2) is 0 Å². The van der Waals surface area contributed by atoms with Gasteiger partial charge < -0.3 is 9.47 Å². The van der Waals surface area contributed by atoms with Gasteiger partial charge in [-0.2, -0.15) is 0 Å². The molecule has 1 rings (SSSR count). The van der Waals surface area contributed by atoms with Crippen LogP contribution in [0.4, 0.5) is 0 Å². The molecule has 0 N–H and O–H groups in total. The number of hydrogen-bond acceptors (Lipinski definition) is 3. The van der Waals surface area contributed by atoms with Crippen LogP contribution in [0.25, 0.3) is 0 Å². The fourth-order valence-electron chi connectivity index (χ4n) is 1.33. The van der Waals surface area contributed by atoms with Gasteiger partial charge in [-0.15, -0.1) is 11.6 Å². The van der Waals surface area contributed by atoms with E-state index in [-0.39, 0.29) is 5.78 Å². The molecule has 3 nitrogen and oxygen atoms in total. The molecule has 1 aromatic carbocycles. The second-order valence-electron chi connectivity index (χ2n) is 3.28. The summed E-state index contributed by atoms with van der Waals surface area (Å²) in [6.45, 7) is 4.09. The van der Waals surface area contributed by atoms with Gasteiger partial charge in [-0.3, -0.25) is 4.79 Å². The third-order valence-corrected chi connectivity index (χ3v) is 2.31. The maximum atomic E-state index is 11.7. The lowest BCUT2D eigenvalue weighted by Gasteiger charge is -2.11. The Hall–Kier alpha value is -1.22. The van der Waals surface area contributed by atoms with Gasteiger partial charge in [0.2, 0.25) is 0 Å². The molecule has 0 fully saturated rings. The van der Waals surface area contributed by atoms with Crippen LogP contribution in [0, 0.1) is 0 Å². The highest BCUT2D eigenvalue weighted by atomic mass is 35.5. The van der Waals surface area contributed by atoms with Gasteiger partial charge in [-0.1, -0.05) is 0 Å². The topological polar surface area (TPSA) is 35.5 Å². The molecule has 0 bridgehead atoms. The highest BCUT2D eigenvalue weighted by Gasteiger charge is 2.14. The number of carbonyl (C=O) groups excluding carboxylic acids is 1. The van der Waals surface area contributed by atoms with E-state index in [1.807, 2.05) is 6.92 Å². The van der Waals surface area contributed by atoms with Crippen molar-refractivity contribution in [1.82, 2.24) is 0 Å². The molecule has 0 saturated carbocycles. The van der Waals surface area contributed by atoms with Gasteiger partial charge in [0.25, 0.3) is 0 Å². The monoisotopic (exact) mass is 242 g/mol. The number of rotatable bonds is 5. The van der Waals surface area contributed by atoms with Crippen molar-refractivity contribution in [3.05, 3.63) is 23.8 Å². The second-order valence-corrected chi connectivity index (χ2v) is 3.93. The maximum Gasteiger partial charge on any atom is 0.180 e. The normalized spacial score (nSPS) is 12.0. The zero-order valence-corrected chi connectivity index (χ0v) is 10.4. The minimum absolute atomic E-state index is 0.122. The lowest BCUT2D eigenvalue weighted by atomic mass is 10.1. The highest BCUT2D eigenvalue weighted by molar-refractivity contribution is 6.33. The van der Waals surface area contributed by atoms with Crippen molar-refractivity contribution in [2.45, 2.75) is 19.2 Å². The number of hydrogen-bond donors (Lipinski definition) is 0. The van der Waals surface area contributed by atoms with E-state index in [0.29, 0.717) is 23.7 Å². The number of halogens is 1. The molecule has 1 unspecified atom stereocenters. The Morgan fingerprint density at radius 1 is 1.44 bits per heavy atom. The standard InChI is InChI=1S/C12H15ClO3/c1-4-16-10-6-5-9(7-11(10)15-3)12(14)8(2)13/h5-8H,4H2,1-3H3. The van der Waals surface area contributed by atoms with Crippen LogP contribution in [0.1, 0.15) is 24.2 Å². The number of methoxy groups -OCH3 is 1. The minimum Gasteiger partial charge on any atom is -0.493 e. The van der Waals surface area contributed by atoms with E-state index in [4.69, 9.17) is 21.1 Å². The van der Waals surface area contributed by atoms with E-state index >= 15 is 0 Å². The largest absolute Gasteiger partial charge is 0.493 e. The van der Waals surface area contributed by atoms with Crippen LogP contribution in [-0.2, 0) is 0 Å². The van der Waals surface area contributed by atoms with Crippen molar-refractivity contribution in [2.75, 3.05) is 13.7 Å². The van der Waals surface area contributed by atoms with Crippen LogP contribution in [0.2, 0.25) is 0 Å². The van der Waals surface area contributed by atoms with E-state index in [1.54, 1.807) is 25.1 Å². The first kappa shape index (κ1) is 12.8. The van der Waals surface area contributed by atoms with Crippen molar-refractivity contribution in [2.24, 2.45) is 0 Å². The molecule has 0 heterocycles. The fourth-order valence-corrected chi connectivity index (χ4v) is 1.45. The molecule has 0 aliphatic heterocycles. The number of benzene rings is 1. The molecule has 0 aromatic heterocycles. The van der Waals surface area contributed by atoms with Gasteiger partial charge in [-0.05, 0) is 32.0 Å². The number of Topliss-reactive ketones (excluding diaryl/α,β-unsaturated/α-hetero) is 1. The second kappa shape index (κ2) is 5.75. The third-order valence-electron chi connectivity index (χ3n) is 2.11. The Morgan fingerprint density at radius 3 is 2.62 bits per heavy atom. The van der Waals surface area contributed by atoms with Gasteiger partial charge in [0.15, 0.2) is 17.3 Å². The Kier molecular flexibility index (Phi) is 4.62.